The van der Waals surface area contributed by atoms with Crippen LogP contribution in [0.15, 0.2) is 12.3 Å². The molecule has 18 heavy (non-hydrogen) atoms. The van der Waals surface area contributed by atoms with Gasteiger partial charge < -0.3 is 14.6 Å². The minimum Gasteiger partial charge on any atom is -0.478 e. The van der Waals surface area contributed by atoms with E-state index in [1.165, 1.54) is 0 Å². The van der Waals surface area contributed by atoms with E-state index < -0.39 is 22.1 Å². The van der Waals surface area contributed by atoms with Crippen LogP contribution in [0.4, 0.5) is 5.69 Å². The summed E-state index contributed by atoms with van der Waals surface area (Å²) in [6, 6.07) is 1.03. The lowest BCUT2D eigenvalue weighted by molar-refractivity contribution is -0.385. The summed E-state index contributed by atoms with van der Waals surface area (Å²) in [4.78, 5) is 24.3. The zero-order valence-electron chi connectivity index (χ0n) is 9.66. The Morgan fingerprint density at radius 3 is 2.83 bits per heavy atom. The average molecular weight is 256 g/mol. The molecule has 0 aliphatic rings. The van der Waals surface area contributed by atoms with E-state index in [4.69, 9.17) is 14.6 Å². The van der Waals surface area contributed by atoms with Crippen LogP contribution >= 0.6 is 0 Å². The lowest BCUT2D eigenvalue weighted by Gasteiger charge is -2.05. The maximum absolute atomic E-state index is 10.8. The minimum atomic E-state index is -1.40. The van der Waals surface area contributed by atoms with Crippen LogP contribution in [0.5, 0.6) is 5.88 Å². The van der Waals surface area contributed by atoms with E-state index in [9.17, 15) is 14.9 Å². The van der Waals surface area contributed by atoms with Crippen LogP contribution < -0.4 is 4.74 Å². The molecule has 0 aliphatic heterocycles. The van der Waals surface area contributed by atoms with Crippen LogP contribution in [-0.4, -0.2) is 41.3 Å². The smallest absolute Gasteiger partial charge is 0.342 e. The van der Waals surface area contributed by atoms with Gasteiger partial charge >= 0.3 is 11.7 Å². The Morgan fingerprint density at radius 1 is 1.56 bits per heavy atom. The van der Waals surface area contributed by atoms with Crippen molar-refractivity contribution in [1.29, 1.82) is 0 Å². The van der Waals surface area contributed by atoms with Crippen LogP contribution in [-0.2, 0) is 4.74 Å². The molecule has 0 unspecified atom stereocenters. The van der Waals surface area contributed by atoms with Crippen molar-refractivity contribution in [2.75, 3.05) is 20.3 Å². The van der Waals surface area contributed by atoms with E-state index in [-0.39, 0.29) is 12.5 Å². The highest BCUT2D eigenvalue weighted by Crippen LogP contribution is 2.21. The molecule has 1 N–H and O–H groups in total. The molecule has 8 nitrogen and oxygen atoms in total. The predicted octanol–water partition coefficient (Wildman–Crippen LogP) is 1.10. The topological polar surface area (TPSA) is 112 Å². The Hall–Kier alpha value is -2.22. The quantitative estimate of drug-likeness (QED) is 0.441. The third-order valence-corrected chi connectivity index (χ3v) is 2.03. The number of rotatable bonds is 7. The summed E-state index contributed by atoms with van der Waals surface area (Å²) in [5.41, 5.74) is -1.01. The SMILES string of the molecule is COCCCOc1cc(C(=O)O)c([N+](=O)[O-])cn1. The first-order chi connectivity index (χ1) is 8.56. The molecule has 0 aliphatic carbocycles. The molecule has 0 spiro atoms. The molecule has 0 atom stereocenters. The molecule has 1 aromatic rings. The number of ether oxygens (including phenoxy) is 2. The molecule has 0 saturated carbocycles. The standard InChI is InChI=1S/C10H12N2O6/c1-17-3-2-4-18-9-5-7(10(13)14)8(6-11-9)12(15)16/h5-6H,2-4H2,1H3,(H,13,14). The van der Waals surface area contributed by atoms with E-state index in [0.29, 0.717) is 13.0 Å². The predicted molar refractivity (Wildman–Crippen MR) is 59.8 cm³/mol. The second kappa shape index (κ2) is 6.50. The van der Waals surface area contributed by atoms with Crippen LogP contribution in [0.3, 0.4) is 0 Å². The molecule has 0 bridgehead atoms. The first-order valence-electron chi connectivity index (χ1n) is 5.05. The van der Waals surface area contributed by atoms with Crippen molar-refractivity contribution in [3.8, 4) is 5.88 Å². The molecule has 8 heteroatoms. The van der Waals surface area contributed by atoms with Gasteiger partial charge in [-0.05, 0) is 0 Å². The van der Waals surface area contributed by atoms with Gasteiger partial charge in [-0.15, -0.1) is 0 Å². The van der Waals surface area contributed by atoms with Crippen LogP contribution in [0.2, 0.25) is 0 Å². The monoisotopic (exact) mass is 256 g/mol. The van der Waals surface area contributed by atoms with Crippen molar-refractivity contribution in [3.63, 3.8) is 0 Å². The van der Waals surface area contributed by atoms with Gasteiger partial charge in [0.15, 0.2) is 0 Å². The summed E-state index contributed by atoms with van der Waals surface area (Å²) >= 11 is 0. The second-order valence-electron chi connectivity index (χ2n) is 3.30. The Bertz CT molecular complexity index is 448. The molecular formula is C10H12N2O6. The maximum Gasteiger partial charge on any atom is 0.342 e. The highest BCUT2D eigenvalue weighted by molar-refractivity contribution is 5.92. The van der Waals surface area contributed by atoms with Gasteiger partial charge in [0.1, 0.15) is 11.8 Å². The molecule has 0 amide bonds. The third-order valence-electron chi connectivity index (χ3n) is 2.03. The van der Waals surface area contributed by atoms with E-state index in [1.807, 2.05) is 0 Å². The number of aromatic carboxylic acids is 1. The summed E-state index contributed by atoms with van der Waals surface area (Å²) in [5, 5.41) is 19.4. The molecule has 1 aromatic heterocycles. The van der Waals surface area contributed by atoms with Gasteiger partial charge in [-0.1, -0.05) is 0 Å². The number of carboxylic acid groups (broad SMARTS) is 1. The molecule has 0 fully saturated rings. The molecule has 1 rings (SSSR count). The molecular weight excluding hydrogens is 244 g/mol. The van der Waals surface area contributed by atoms with Gasteiger partial charge in [0.25, 0.3) is 0 Å². The number of nitrogens with zero attached hydrogens (tertiary/aromatic N) is 2. The summed E-state index contributed by atoms with van der Waals surface area (Å²) in [7, 11) is 1.55. The van der Waals surface area contributed by atoms with Gasteiger partial charge in [-0.25, -0.2) is 9.78 Å². The van der Waals surface area contributed by atoms with E-state index >= 15 is 0 Å². The van der Waals surface area contributed by atoms with Gasteiger partial charge in [-0.3, -0.25) is 10.1 Å². The van der Waals surface area contributed by atoms with Crippen LogP contribution in [0.25, 0.3) is 0 Å². The Morgan fingerprint density at radius 2 is 2.28 bits per heavy atom. The molecule has 98 valence electrons. The highest BCUT2D eigenvalue weighted by atomic mass is 16.6. The third kappa shape index (κ3) is 3.67. The maximum atomic E-state index is 10.8. The molecule has 1 heterocycles. The summed E-state index contributed by atoms with van der Waals surface area (Å²) in [6.07, 6.45) is 1.48. The van der Waals surface area contributed by atoms with Crippen molar-refractivity contribution >= 4 is 11.7 Å². The number of pyridine rings is 1. The molecule has 0 saturated heterocycles. The van der Waals surface area contributed by atoms with Crippen molar-refractivity contribution < 1.29 is 24.3 Å². The van der Waals surface area contributed by atoms with Gasteiger partial charge in [0.2, 0.25) is 5.88 Å². The first-order valence-corrected chi connectivity index (χ1v) is 5.05. The fourth-order valence-electron chi connectivity index (χ4n) is 1.20. The Labute approximate surface area is 102 Å². The fourth-order valence-corrected chi connectivity index (χ4v) is 1.20. The second-order valence-corrected chi connectivity index (χ2v) is 3.30. The number of hydrogen-bond donors (Lipinski definition) is 1. The number of carboxylic acids is 1. The zero-order valence-corrected chi connectivity index (χ0v) is 9.66. The average Bonchev–Trinajstić information content (AvgIpc) is 2.34. The lowest BCUT2D eigenvalue weighted by atomic mass is 10.2. The number of hydrogen-bond acceptors (Lipinski definition) is 6. The highest BCUT2D eigenvalue weighted by Gasteiger charge is 2.21. The van der Waals surface area contributed by atoms with E-state index in [0.717, 1.165) is 12.3 Å². The van der Waals surface area contributed by atoms with Crippen molar-refractivity contribution in [3.05, 3.63) is 27.9 Å². The molecule has 0 aromatic carbocycles. The lowest BCUT2D eigenvalue weighted by Crippen LogP contribution is -2.07. The fraction of sp³-hybridized carbons (Fsp3) is 0.400. The Kier molecular flexibility index (Phi) is 5.00. The number of aromatic nitrogens is 1. The van der Waals surface area contributed by atoms with Crippen LogP contribution in [0, 0.1) is 10.1 Å². The van der Waals surface area contributed by atoms with Crippen molar-refractivity contribution in [2.24, 2.45) is 0 Å². The zero-order chi connectivity index (χ0) is 13.5. The van der Waals surface area contributed by atoms with E-state index in [1.54, 1.807) is 7.11 Å². The number of carbonyl (C=O) groups is 1. The largest absolute Gasteiger partial charge is 0.478 e. The van der Waals surface area contributed by atoms with E-state index in [2.05, 4.69) is 4.98 Å². The van der Waals surface area contributed by atoms with Gasteiger partial charge in [0, 0.05) is 26.2 Å². The summed E-state index contributed by atoms with van der Waals surface area (Å²) < 4.78 is 9.97. The Balaban J connectivity index is 2.80. The minimum absolute atomic E-state index is 0.0362. The van der Waals surface area contributed by atoms with Crippen molar-refractivity contribution in [2.45, 2.75) is 6.42 Å². The van der Waals surface area contributed by atoms with Gasteiger partial charge in [0.05, 0.1) is 11.5 Å². The molecule has 0 radical (unpaired) electrons. The first kappa shape index (κ1) is 13.8. The normalized spacial score (nSPS) is 10.1. The summed E-state index contributed by atoms with van der Waals surface area (Å²) in [5.74, 6) is -1.36. The van der Waals surface area contributed by atoms with Gasteiger partial charge in [-0.2, -0.15) is 0 Å². The summed E-state index contributed by atoms with van der Waals surface area (Å²) in [6.45, 7) is 0.788. The van der Waals surface area contributed by atoms with Crippen molar-refractivity contribution in [1.82, 2.24) is 4.98 Å². The van der Waals surface area contributed by atoms with Crippen LogP contribution in [0.1, 0.15) is 16.8 Å². The number of methoxy groups -OCH3 is 1. The number of nitro groups is 1.